The summed E-state index contributed by atoms with van der Waals surface area (Å²) in [5.74, 6) is -4.20. The number of unbranched alkanes of at least 4 members (excludes halogenated alkanes) is 1. The van der Waals surface area contributed by atoms with Crippen molar-refractivity contribution in [1.82, 2.24) is 0 Å². The number of aromatic carboxylic acids is 2. The van der Waals surface area contributed by atoms with Gasteiger partial charge < -0.3 is 30.6 Å². The molecule has 158 valence electrons. The number of rotatable bonds is 9. The Hall–Kier alpha value is -2.98. The first-order valence-electron chi connectivity index (χ1n) is 8.38. The van der Waals surface area contributed by atoms with Crippen LogP contribution in [0.1, 0.15) is 66.2 Å². The normalized spacial score (nSPS) is 9.43. The summed E-state index contributed by atoms with van der Waals surface area (Å²) in [6.45, 7) is 1.90. The van der Waals surface area contributed by atoms with Crippen molar-refractivity contribution in [3.63, 3.8) is 0 Å². The zero-order valence-electron chi connectivity index (χ0n) is 15.4. The van der Waals surface area contributed by atoms with Gasteiger partial charge in [0.05, 0.1) is 11.1 Å². The van der Waals surface area contributed by atoms with Crippen molar-refractivity contribution in [3.05, 3.63) is 35.4 Å². The lowest BCUT2D eigenvalue weighted by molar-refractivity contribution is -0.139. The third-order valence-corrected chi connectivity index (χ3v) is 2.97. The second-order valence-corrected chi connectivity index (χ2v) is 5.42. The zero-order valence-corrected chi connectivity index (χ0v) is 15.4. The Balaban J connectivity index is 0. The van der Waals surface area contributed by atoms with Gasteiger partial charge in [-0.1, -0.05) is 25.5 Å². The monoisotopic (exact) mass is 402 g/mol. The van der Waals surface area contributed by atoms with Gasteiger partial charge in [0.2, 0.25) is 0 Å². The molecule has 0 aliphatic rings. The van der Waals surface area contributed by atoms with Crippen LogP contribution in [0.3, 0.4) is 0 Å². The van der Waals surface area contributed by atoms with E-state index < -0.39 is 30.2 Å². The highest BCUT2D eigenvalue weighted by Gasteiger charge is 2.13. The number of carboxylic acids is 4. The Morgan fingerprint density at radius 3 is 1.32 bits per heavy atom. The Bertz CT molecular complexity index is 576. The van der Waals surface area contributed by atoms with Crippen molar-refractivity contribution in [2.24, 2.45) is 0 Å². The molecule has 0 saturated carbocycles. The van der Waals surface area contributed by atoms with Crippen LogP contribution in [0.2, 0.25) is 0 Å². The average Bonchev–Trinajstić information content (AvgIpc) is 2.59. The van der Waals surface area contributed by atoms with Crippen molar-refractivity contribution < 1.29 is 49.8 Å². The molecule has 0 unspecified atom stereocenters. The molecular formula is C18H26O10. The summed E-state index contributed by atoms with van der Waals surface area (Å²) in [6.07, 6.45) is 1.23. The zero-order chi connectivity index (χ0) is 22.1. The molecule has 0 spiro atoms. The maximum atomic E-state index is 10.5. The van der Waals surface area contributed by atoms with Crippen molar-refractivity contribution in [3.8, 4) is 0 Å². The molecule has 10 nitrogen and oxygen atoms in total. The molecule has 0 amide bonds. The van der Waals surface area contributed by atoms with Crippen molar-refractivity contribution >= 4 is 23.9 Å². The fourth-order valence-electron chi connectivity index (χ4n) is 1.67. The van der Waals surface area contributed by atoms with Crippen molar-refractivity contribution in [2.75, 3.05) is 0 Å². The molecule has 0 aliphatic heterocycles. The first kappa shape index (κ1) is 27.2. The van der Waals surface area contributed by atoms with E-state index in [0.29, 0.717) is 19.3 Å². The minimum absolute atomic E-state index is 0.0628. The van der Waals surface area contributed by atoms with E-state index in [1.807, 2.05) is 6.92 Å². The third kappa shape index (κ3) is 16.5. The molecule has 0 saturated heterocycles. The van der Waals surface area contributed by atoms with E-state index >= 15 is 0 Å². The molecule has 0 aromatic heterocycles. The van der Waals surface area contributed by atoms with Gasteiger partial charge in [-0.25, -0.2) is 9.59 Å². The minimum atomic E-state index is -1.23. The Labute approximate surface area is 161 Å². The van der Waals surface area contributed by atoms with Crippen LogP contribution in [0.25, 0.3) is 0 Å². The van der Waals surface area contributed by atoms with Crippen LogP contribution in [0, 0.1) is 0 Å². The summed E-state index contributed by atoms with van der Waals surface area (Å²) < 4.78 is 0. The van der Waals surface area contributed by atoms with Gasteiger partial charge in [0.15, 0.2) is 6.29 Å². The van der Waals surface area contributed by atoms with Gasteiger partial charge in [0, 0.05) is 12.8 Å². The molecule has 0 bridgehead atoms. The lowest BCUT2D eigenvalue weighted by Crippen LogP contribution is -2.06. The van der Waals surface area contributed by atoms with Crippen LogP contribution < -0.4 is 0 Å². The van der Waals surface area contributed by atoms with E-state index in [1.165, 1.54) is 24.3 Å². The summed E-state index contributed by atoms with van der Waals surface area (Å²) in [5, 5.41) is 49.6. The Kier molecular flexibility index (Phi) is 15.8. The first-order chi connectivity index (χ1) is 13.0. The van der Waals surface area contributed by atoms with Gasteiger partial charge in [-0.2, -0.15) is 0 Å². The predicted octanol–water partition coefficient (Wildman–Crippen LogP) is 1.90. The SMILES string of the molecule is CCCC(O)O.O=C(O)CCCCC(=O)O.O=C(O)c1ccccc1C(=O)O. The molecule has 6 N–H and O–H groups in total. The van der Waals surface area contributed by atoms with Crippen LogP contribution >= 0.6 is 0 Å². The number of aliphatic hydroxyl groups is 2. The lowest BCUT2D eigenvalue weighted by atomic mass is 10.1. The summed E-state index contributed by atoms with van der Waals surface area (Å²) in [4.78, 5) is 40.7. The van der Waals surface area contributed by atoms with Gasteiger partial charge in [-0.05, 0) is 31.4 Å². The second-order valence-electron chi connectivity index (χ2n) is 5.42. The molecule has 1 rings (SSSR count). The molecule has 0 radical (unpaired) electrons. The number of hydrogen-bond donors (Lipinski definition) is 6. The van der Waals surface area contributed by atoms with Gasteiger partial charge >= 0.3 is 23.9 Å². The molecule has 28 heavy (non-hydrogen) atoms. The molecule has 0 fully saturated rings. The van der Waals surface area contributed by atoms with Crippen molar-refractivity contribution in [2.45, 2.75) is 51.7 Å². The van der Waals surface area contributed by atoms with Crippen LogP contribution in [0.15, 0.2) is 24.3 Å². The summed E-state index contributed by atoms with van der Waals surface area (Å²) in [6, 6.07) is 5.48. The molecule has 1 aromatic carbocycles. The lowest BCUT2D eigenvalue weighted by Gasteiger charge is -1.98. The highest BCUT2D eigenvalue weighted by Crippen LogP contribution is 2.07. The number of carbonyl (C=O) groups is 4. The molecular weight excluding hydrogens is 376 g/mol. The average molecular weight is 402 g/mol. The molecule has 0 aliphatic carbocycles. The van der Waals surface area contributed by atoms with E-state index in [-0.39, 0.29) is 24.0 Å². The number of aliphatic hydroxyl groups excluding tert-OH is 1. The number of hydrogen-bond acceptors (Lipinski definition) is 6. The fourth-order valence-corrected chi connectivity index (χ4v) is 1.67. The molecule has 0 heterocycles. The van der Waals surface area contributed by atoms with Crippen molar-refractivity contribution in [1.29, 1.82) is 0 Å². The van der Waals surface area contributed by atoms with E-state index in [4.69, 9.17) is 30.6 Å². The largest absolute Gasteiger partial charge is 0.481 e. The van der Waals surface area contributed by atoms with Gasteiger partial charge in [0.25, 0.3) is 0 Å². The maximum Gasteiger partial charge on any atom is 0.336 e. The fraction of sp³-hybridized carbons (Fsp3) is 0.444. The minimum Gasteiger partial charge on any atom is -0.481 e. The van der Waals surface area contributed by atoms with Gasteiger partial charge in [-0.15, -0.1) is 0 Å². The smallest absolute Gasteiger partial charge is 0.336 e. The summed E-state index contributed by atoms with van der Waals surface area (Å²) >= 11 is 0. The van der Waals surface area contributed by atoms with Crippen LogP contribution in [-0.4, -0.2) is 60.8 Å². The topological polar surface area (TPSA) is 190 Å². The molecule has 1 aromatic rings. The third-order valence-electron chi connectivity index (χ3n) is 2.97. The predicted molar refractivity (Wildman–Crippen MR) is 97.2 cm³/mol. The van der Waals surface area contributed by atoms with E-state index in [2.05, 4.69) is 0 Å². The van der Waals surface area contributed by atoms with Crippen LogP contribution in [0.5, 0.6) is 0 Å². The quantitative estimate of drug-likeness (QED) is 0.263. The van der Waals surface area contributed by atoms with E-state index in [0.717, 1.165) is 6.42 Å². The number of aliphatic carboxylic acids is 2. The Morgan fingerprint density at radius 2 is 1.14 bits per heavy atom. The highest BCUT2D eigenvalue weighted by molar-refractivity contribution is 6.01. The highest BCUT2D eigenvalue weighted by atomic mass is 16.5. The Morgan fingerprint density at radius 1 is 0.786 bits per heavy atom. The van der Waals surface area contributed by atoms with Gasteiger partial charge in [-0.3, -0.25) is 9.59 Å². The van der Waals surface area contributed by atoms with E-state index in [9.17, 15) is 19.2 Å². The standard InChI is InChI=1S/C8H6O4.C6H10O4.C4H10O2/c9-7(10)5-3-1-2-4-6(5)8(11)12;7-5(8)3-1-2-4-6(9)10;1-2-3-4(5)6/h1-4H,(H,9,10)(H,11,12);1-4H2,(H,7,8)(H,9,10);4-6H,2-3H2,1H3. The summed E-state index contributed by atoms with van der Waals surface area (Å²) in [5.41, 5.74) is -0.380. The van der Waals surface area contributed by atoms with E-state index in [1.54, 1.807) is 0 Å². The number of benzene rings is 1. The maximum absolute atomic E-state index is 10.5. The van der Waals surface area contributed by atoms with Crippen LogP contribution in [-0.2, 0) is 9.59 Å². The number of carboxylic acid groups (broad SMARTS) is 4. The molecule has 10 heteroatoms. The summed E-state index contributed by atoms with van der Waals surface area (Å²) in [7, 11) is 0. The second kappa shape index (κ2) is 16.2. The molecule has 0 atom stereocenters. The van der Waals surface area contributed by atoms with Gasteiger partial charge in [0.1, 0.15) is 0 Å². The first-order valence-corrected chi connectivity index (χ1v) is 8.38. The van der Waals surface area contributed by atoms with Crippen LogP contribution in [0.4, 0.5) is 0 Å².